The Kier molecular flexibility index (Phi) is 6.20. The summed E-state index contributed by atoms with van der Waals surface area (Å²) in [6.07, 6.45) is 9.42. The number of nitrogens with one attached hydrogen (secondary N) is 1. The first kappa shape index (κ1) is 23.1. The van der Waals surface area contributed by atoms with Gasteiger partial charge in [0.05, 0.1) is 30.2 Å². The number of nitrogens with zero attached hydrogens (tertiary/aromatic N) is 5. The fourth-order valence-electron chi connectivity index (χ4n) is 5.96. The van der Waals surface area contributed by atoms with Crippen LogP contribution in [0.4, 0.5) is 16.4 Å². The summed E-state index contributed by atoms with van der Waals surface area (Å²) in [6.45, 7) is 2.22. The standard InChI is InChI=1S/C26H36N6O2/c1-30(2)26(20-7-5-4-6-8-20)13-11-25(12-14-26)19-32(24(33)29-25)22-17-27-23(28-18-22)31(3)21-9-15-34-16-10-21/h4-8,17-18,21H,9-16,19H2,1-3H3,(H,29,33)/t25-,26+. The van der Waals surface area contributed by atoms with Crippen molar-refractivity contribution >= 4 is 17.7 Å². The van der Waals surface area contributed by atoms with Crippen molar-refractivity contribution in [2.75, 3.05) is 50.7 Å². The second-order valence-corrected chi connectivity index (χ2v) is 10.3. The average molecular weight is 465 g/mol. The van der Waals surface area contributed by atoms with Crippen molar-refractivity contribution in [2.45, 2.75) is 55.6 Å². The number of aromatic nitrogens is 2. The molecular formula is C26H36N6O2. The molecule has 3 fully saturated rings. The number of ether oxygens (including phenoxy) is 1. The Morgan fingerprint density at radius 2 is 1.65 bits per heavy atom. The number of carbonyl (C=O) groups excluding carboxylic acids is 1. The smallest absolute Gasteiger partial charge is 0.322 e. The van der Waals surface area contributed by atoms with Crippen LogP contribution in [0.3, 0.4) is 0 Å². The Bertz CT molecular complexity index is 982. The number of urea groups is 1. The van der Waals surface area contributed by atoms with Gasteiger partial charge in [-0.05, 0) is 58.2 Å². The summed E-state index contributed by atoms with van der Waals surface area (Å²) >= 11 is 0. The van der Waals surface area contributed by atoms with Crippen molar-refractivity contribution in [3.63, 3.8) is 0 Å². The Morgan fingerprint density at radius 3 is 2.26 bits per heavy atom. The van der Waals surface area contributed by atoms with Crippen LogP contribution in [-0.2, 0) is 10.3 Å². The number of hydrogen-bond donors (Lipinski definition) is 1. The van der Waals surface area contributed by atoms with E-state index in [1.54, 1.807) is 12.4 Å². The topological polar surface area (TPSA) is 73.8 Å². The summed E-state index contributed by atoms with van der Waals surface area (Å²) in [6, 6.07) is 11.1. The molecule has 0 atom stereocenters. The average Bonchev–Trinajstić information content (AvgIpc) is 3.20. The van der Waals surface area contributed by atoms with Crippen molar-refractivity contribution in [1.82, 2.24) is 20.2 Å². The molecule has 8 nitrogen and oxygen atoms in total. The zero-order valence-electron chi connectivity index (χ0n) is 20.5. The second-order valence-electron chi connectivity index (χ2n) is 10.3. The summed E-state index contributed by atoms with van der Waals surface area (Å²) in [5.74, 6) is 0.696. The van der Waals surface area contributed by atoms with Crippen molar-refractivity contribution in [2.24, 2.45) is 0 Å². The number of anilines is 2. The van der Waals surface area contributed by atoms with Gasteiger partial charge in [-0.25, -0.2) is 14.8 Å². The quantitative estimate of drug-likeness (QED) is 0.731. The molecule has 2 aliphatic heterocycles. The molecule has 1 aromatic carbocycles. The molecule has 1 saturated carbocycles. The van der Waals surface area contributed by atoms with E-state index in [0.717, 1.165) is 57.4 Å². The lowest BCUT2D eigenvalue weighted by Crippen LogP contribution is -2.54. The van der Waals surface area contributed by atoms with Crippen LogP contribution >= 0.6 is 0 Å². The normalized spacial score (nSPS) is 27.9. The molecule has 0 unspecified atom stereocenters. The highest BCUT2D eigenvalue weighted by atomic mass is 16.5. The number of rotatable bonds is 5. The molecule has 2 aromatic rings. The highest BCUT2D eigenvalue weighted by Crippen LogP contribution is 2.46. The van der Waals surface area contributed by atoms with E-state index in [9.17, 15) is 4.79 Å². The van der Waals surface area contributed by atoms with E-state index >= 15 is 0 Å². The molecule has 8 heteroatoms. The predicted octanol–water partition coefficient (Wildman–Crippen LogP) is 3.39. The van der Waals surface area contributed by atoms with Gasteiger partial charge >= 0.3 is 6.03 Å². The van der Waals surface area contributed by atoms with Crippen molar-refractivity contribution in [1.29, 1.82) is 0 Å². The SMILES string of the molecule is CN(c1ncc(N2C[C@]3(CC[C@](c4ccccc4)(N(C)C)CC3)NC2=O)cn1)C1CCOCC1. The Morgan fingerprint density at radius 1 is 1.00 bits per heavy atom. The lowest BCUT2D eigenvalue weighted by Gasteiger charge is -2.48. The van der Waals surface area contributed by atoms with E-state index in [4.69, 9.17) is 4.74 Å². The van der Waals surface area contributed by atoms with Gasteiger partial charge in [-0.1, -0.05) is 30.3 Å². The highest BCUT2D eigenvalue weighted by molar-refractivity contribution is 5.95. The molecule has 5 rings (SSSR count). The van der Waals surface area contributed by atoms with Crippen molar-refractivity contribution in [3.05, 3.63) is 48.3 Å². The lowest BCUT2D eigenvalue weighted by atomic mass is 9.69. The zero-order chi connectivity index (χ0) is 23.8. The minimum Gasteiger partial charge on any atom is -0.381 e. The molecule has 1 aromatic heterocycles. The summed E-state index contributed by atoms with van der Waals surface area (Å²) < 4.78 is 5.47. The van der Waals surface area contributed by atoms with Gasteiger partial charge in [-0.15, -0.1) is 0 Å². The molecular weight excluding hydrogens is 428 g/mol. The van der Waals surface area contributed by atoms with Crippen molar-refractivity contribution < 1.29 is 9.53 Å². The van der Waals surface area contributed by atoms with Crippen LogP contribution in [0.2, 0.25) is 0 Å². The number of hydrogen-bond acceptors (Lipinski definition) is 6. The van der Waals surface area contributed by atoms with Gasteiger partial charge in [0.2, 0.25) is 5.95 Å². The minimum atomic E-state index is -0.205. The molecule has 3 aliphatic rings. The molecule has 0 bridgehead atoms. The number of benzene rings is 1. The van der Waals surface area contributed by atoms with Crippen molar-refractivity contribution in [3.8, 4) is 0 Å². The molecule has 34 heavy (non-hydrogen) atoms. The van der Waals surface area contributed by atoms with E-state index in [-0.39, 0.29) is 17.1 Å². The van der Waals surface area contributed by atoms with Crippen LogP contribution in [0, 0.1) is 0 Å². The second kappa shape index (κ2) is 9.15. The van der Waals surface area contributed by atoms with Gasteiger partial charge in [-0.3, -0.25) is 9.80 Å². The molecule has 2 amide bonds. The summed E-state index contributed by atoms with van der Waals surface area (Å²) in [7, 11) is 6.37. The lowest BCUT2D eigenvalue weighted by molar-refractivity contribution is 0.0658. The summed E-state index contributed by atoms with van der Waals surface area (Å²) in [5, 5.41) is 3.32. The first-order chi connectivity index (χ1) is 16.4. The molecule has 0 radical (unpaired) electrons. The minimum absolute atomic E-state index is 0.00413. The predicted molar refractivity (Wildman–Crippen MR) is 133 cm³/mol. The molecule has 2 saturated heterocycles. The third kappa shape index (κ3) is 4.14. The Labute approximate surface area is 202 Å². The maximum atomic E-state index is 13.0. The van der Waals surface area contributed by atoms with Crippen LogP contribution in [0.5, 0.6) is 0 Å². The van der Waals surface area contributed by atoms with E-state index < -0.39 is 0 Å². The molecule has 3 heterocycles. The van der Waals surface area contributed by atoms with Gasteiger partial charge in [-0.2, -0.15) is 0 Å². The maximum absolute atomic E-state index is 13.0. The molecule has 182 valence electrons. The first-order valence-electron chi connectivity index (χ1n) is 12.4. The Balaban J connectivity index is 1.28. The fraction of sp³-hybridized carbons (Fsp3) is 0.577. The van der Waals surface area contributed by atoms with E-state index in [2.05, 4.69) is 69.5 Å². The molecule has 1 aliphatic carbocycles. The summed E-state index contributed by atoms with van der Waals surface area (Å²) in [4.78, 5) is 28.5. The van der Waals surface area contributed by atoms with Gasteiger partial charge in [0, 0.05) is 31.8 Å². The zero-order valence-corrected chi connectivity index (χ0v) is 20.5. The Hall–Kier alpha value is -2.71. The van der Waals surface area contributed by atoms with E-state index in [1.807, 2.05) is 11.9 Å². The maximum Gasteiger partial charge on any atom is 0.322 e. The van der Waals surface area contributed by atoms with Crippen LogP contribution in [0.25, 0.3) is 0 Å². The van der Waals surface area contributed by atoms with Gasteiger partial charge in [0.25, 0.3) is 0 Å². The number of carbonyl (C=O) groups is 1. The third-order valence-electron chi connectivity index (χ3n) is 8.27. The van der Waals surface area contributed by atoms with Crippen LogP contribution < -0.4 is 15.1 Å². The summed E-state index contributed by atoms with van der Waals surface area (Å²) in [5.41, 5.74) is 1.91. The molecule has 1 N–H and O–H groups in total. The van der Waals surface area contributed by atoms with E-state index in [1.165, 1.54) is 5.56 Å². The highest BCUT2D eigenvalue weighted by Gasteiger charge is 2.50. The molecule has 1 spiro atoms. The third-order valence-corrected chi connectivity index (χ3v) is 8.27. The monoisotopic (exact) mass is 464 g/mol. The van der Waals surface area contributed by atoms with Crippen LogP contribution in [-0.4, -0.2) is 73.4 Å². The largest absolute Gasteiger partial charge is 0.381 e. The van der Waals surface area contributed by atoms with Gasteiger partial charge < -0.3 is 15.0 Å². The van der Waals surface area contributed by atoms with Gasteiger partial charge in [0.15, 0.2) is 0 Å². The van der Waals surface area contributed by atoms with Gasteiger partial charge in [0.1, 0.15) is 0 Å². The van der Waals surface area contributed by atoms with E-state index in [0.29, 0.717) is 18.5 Å². The van der Waals surface area contributed by atoms with Crippen LogP contribution in [0.15, 0.2) is 42.7 Å². The fourth-order valence-corrected chi connectivity index (χ4v) is 5.96. The number of amides is 2. The first-order valence-corrected chi connectivity index (χ1v) is 12.4. The van der Waals surface area contributed by atoms with Crippen LogP contribution in [0.1, 0.15) is 44.1 Å².